The number of rotatable bonds is 3. The molecule has 0 unspecified atom stereocenters. The number of nitriles is 1. The minimum absolute atomic E-state index is 0.186. The minimum atomic E-state index is -2.86. The molecule has 0 spiro atoms. The van der Waals surface area contributed by atoms with Gasteiger partial charge in [-0.25, -0.2) is 13.8 Å². The van der Waals surface area contributed by atoms with E-state index in [2.05, 4.69) is 4.98 Å². The van der Waals surface area contributed by atoms with Gasteiger partial charge >= 0.3 is 5.97 Å². The molecule has 0 atom stereocenters. The molecule has 0 saturated heterocycles. The molecule has 0 radical (unpaired) electrons. The van der Waals surface area contributed by atoms with Crippen molar-refractivity contribution >= 4 is 17.6 Å². The van der Waals surface area contributed by atoms with Crippen LogP contribution >= 0.6 is 11.6 Å². The van der Waals surface area contributed by atoms with E-state index < -0.39 is 29.4 Å². The van der Waals surface area contributed by atoms with E-state index in [1.165, 1.54) is 0 Å². The normalized spacial score (nSPS) is 10.2. The molecule has 0 aliphatic carbocycles. The van der Waals surface area contributed by atoms with Crippen LogP contribution in [0.4, 0.5) is 8.78 Å². The first-order valence-electron chi connectivity index (χ1n) is 4.04. The summed E-state index contributed by atoms with van der Waals surface area (Å²) in [5, 5.41) is 16.8. The third-order valence-electron chi connectivity index (χ3n) is 1.81. The van der Waals surface area contributed by atoms with Crippen LogP contribution in [0, 0.1) is 11.3 Å². The van der Waals surface area contributed by atoms with E-state index in [1.54, 1.807) is 6.07 Å². The van der Waals surface area contributed by atoms with Crippen molar-refractivity contribution in [1.82, 2.24) is 4.98 Å². The summed E-state index contributed by atoms with van der Waals surface area (Å²) in [5.74, 6) is -1.27. The summed E-state index contributed by atoms with van der Waals surface area (Å²) in [6.45, 7) is 0. The highest BCUT2D eigenvalue weighted by Crippen LogP contribution is 2.30. The molecule has 0 bridgehead atoms. The average Bonchev–Trinajstić information content (AvgIpc) is 2.19. The number of aliphatic carboxylic acids is 1. The van der Waals surface area contributed by atoms with Gasteiger partial charge in [-0.1, -0.05) is 11.6 Å². The Balaban J connectivity index is 3.35. The molecule has 1 heterocycles. The smallest absolute Gasteiger partial charge is 0.307 e. The third kappa shape index (κ3) is 2.44. The Labute approximate surface area is 94.1 Å². The first-order chi connectivity index (χ1) is 7.47. The molecule has 1 aromatic rings. The Hall–Kier alpha value is -1.74. The maximum absolute atomic E-state index is 12.4. The van der Waals surface area contributed by atoms with Gasteiger partial charge in [-0.15, -0.1) is 0 Å². The SMILES string of the molecule is N#Cc1ncc(C(F)F)c(Cl)c1CC(=O)O. The van der Waals surface area contributed by atoms with Crippen molar-refractivity contribution in [3.63, 3.8) is 0 Å². The third-order valence-corrected chi connectivity index (χ3v) is 2.25. The Morgan fingerprint density at radius 2 is 2.31 bits per heavy atom. The Bertz CT molecular complexity index is 471. The van der Waals surface area contributed by atoms with E-state index >= 15 is 0 Å². The van der Waals surface area contributed by atoms with Crippen molar-refractivity contribution in [2.45, 2.75) is 12.8 Å². The van der Waals surface area contributed by atoms with E-state index in [0.29, 0.717) is 0 Å². The van der Waals surface area contributed by atoms with E-state index in [-0.39, 0.29) is 11.3 Å². The summed E-state index contributed by atoms with van der Waals surface area (Å²) >= 11 is 5.60. The van der Waals surface area contributed by atoms with Crippen LogP contribution in [0.2, 0.25) is 5.02 Å². The van der Waals surface area contributed by atoms with Crippen LogP contribution in [-0.2, 0) is 11.2 Å². The number of aromatic nitrogens is 1. The van der Waals surface area contributed by atoms with Gasteiger partial charge in [0.25, 0.3) is 6.43 Å². The lowest BCUT2D eigenvalue weighted by Gasteiger charge is -2.08. The first kappa shape index (κ1) is 12.3. The van der Waals surface area contributed by atoms with Gasteiger partial charge < -0.3 is 5.11 Å². The van der Waals surface area contributed by atoms with Crippen LogP contribution in [0.1, 0.15) is 23.2 Å². The number of hydrogen-bond donors (Lipinski definition) is 1. The molecule has 1 rings (SSSR count). The lowest BCUT2D eigenvalue weighted by Crippen LogP contribution is -2.06. The van der Waals surface area contributed by atoms with Crippen molar-refractivity contribution < 1.29 is 18.7 Å². The van der Waals surface area contributed by atoms with Crippen molar-refractivity contribution in [1.29, 1.82) is 5.26 Å². The second-order valence-corrected chi connectivity index (χ2v) is 3.22. The highest BCUT2D eigenvalue weighted by Gasteiger charge is 2.20. The molecule has 1 N–H and O–H groups in total. The van der Waals surface area contributed by atoms with E-state index in [0.717, 1.165) is 6.20 Å². The maximum atomic E-state index is 12.4. The minimum Gasteiger partial charge on any atom is -0.481 e. The van der Waals surface area contributed by atoms with Crippen molar-refractivity contribution in [2.75, 3.05) is 0 Å². The van der Waals surface area contributed by atoms with Crippen LogP contribution in [0.3, 0.4) is 0 Å². The van der Waals surface area contributed by atoms with Gasteiger partial charge in [0, 0.05) is 11.8 Å². The highest BCUT2D eigenvalue weighted by atomic mass is 35.5. The fourth-order valence-corrected chi connectivity index (χ4v) is 1.40. The number of nitrogens with zero attached hydrogens (tertiary/aromatic N) is 2. The largest absolute Gasteiger partial charge is 0.481 e. The zero-order valence-electron chi connectivity index (χ0n) is 7.75. The van der Waals surface area contributed by atoms with Crippen LogP contribution in [-0.4, -0.2) is 16.1 Å². The topological polar surface area (TPSA) is 74.0 Å². The first-order valence-corrected chi connectivity index (χ1v) is 4.42. The molecule has 0 aliphatic rings. The van der Waals surface area contributed by atoms with Gasteiger partial charge in [0.05, 0.1) is 17.0 Å². The number of carboxylic acid groups (broad SMARTS) is 1. The molecule has 0 fully saturated rings. The second kappa shape index (κ2) is 4.86. The van der Waals surface area contributed by atoms with Crippen LogP contribution < -0.4 is 0 Å². The summed E-state index contributed by atoms with van der Waals surface area (Å²) in [7, 11) is 0. The van der Waals surface area contributed by atoms with Crippen molar-refractivity contribution in [2.24, 2.45) is 0 Å². The van der Waals surface area contributed by atoms with Gasteiger partial charge in [-0.05, 0) is 0 Å². The summed E-state index contributed by atoms with van der Waals surface area (Å²) in [6, 6.07) is 1.60. The Morgan fingerprint density at radius 3 is 2.75 bits per heavy atom. The molecule has 84 valence electrons. The van der Waals surface area contributed by atoms with E-state index in [1.807, 2.05) is 0 Å². The molecule has 7 heteroatoms. The van der Waals surface area contributed by atoms with Crippen molar-refractivity contribution in [3.05, 3.63) is 28.0 Å². The molecule has 1 aromatic heterocycles. The van der Waals surface area contributed by atoms with Crippen LogP contribution in [0.25, 0.3) is 0 Å². The average molecular weight is 247 g/mol. The van der Waals surface area contributed by atoms with Gasteiger partial charge in [0.1, 0.15) is 11.8 Å². The molecule has 0 aliphatic heterocycles. The van der Waals surface area contributed by atoms with Gasteiger partial charge in [0.2, 0.25) is 0 Å². The molecule has 16 heavy (non-hydrogen) atoms. The zero-order valence-corrected chi connectivity index (χ0v) is 8.50. The summed E-state index contributed by atoms with van der Waals surface area (Å²) < 4.78 is 24.9. The fourth-order valence-electron chi connectivity index (χ4n) is 1.11. The lowest BCUT2D eigenvalue weighted by atomic mass is 10.1. The van der Waals surface area contributed by atoms with Crippen molar-refractivity contribution in [3.8, 4) is 6.07 Å². The molecule has 0 aromatic carbocycles. The highest BCUT2D eigenvalue weighted by molar-refractivity contribution is 6.32. The second-order valence-electron chi connectivity index (χ2n) is 2.84. The predicted octanol–water partition coefficient (Wildman–Crippen LogP) is 2.17. The standard InChI is InChI=1S/C9H5ClF2N2O2/c10-8-4(1-7(15)16)6(2-13)14-3-5(8)9(11)12/h3,9H,1H2,(H,15,16). The van der Waals surface area contributed by atoms with E-state index in [9.17, 15) is 13.6 Å². The molecule has 4 nitrogen and oxygen atoms in total. The van der Waals surface area contributed by atoms with Crippen LogP contribution in [0.5, 0.6) is 0 Å². The number of carbonyl (C=O) groups is 1. The van der Waals surface area contributed by atoms with E-state index in [4.69, 9.17) is 22.0 Å². The number of carboxylic acids is 1. The number of hydrogen-bond acceptors (Lipinski definition) is 3. The van der Waals surface area contributed by atoms with Crippen LogP contribution in [0.15, 0.2) is 6.20 Å². The molecular weight excluding hydrogens is 242 g/mol. The number of halogens is 3. The Kier molecular flexibility index (Phi) is 3.74. The summed E-state index contributed by atoms with van der Waals surface area (Å²) in [4.78, 5) is 13.9. The Morgan fingerprint density at radius 1 is 1.69 bits per heavy atom. The maximum Gasteiger partial charge on any atom is 0.307 e. The molecular formula is C9H5ClF2N2O2. The monoisotopic (exact) mass is 246 g/mol. The number of alkyl halides is 2. The summed E-state index contributed by atoms with van der Waals surface area (Å²) in [5.41, 5.74) is -1.01. The fraction of sp³-hybridized carbons (Fsp3) is 0.222. The molecule has 0 amide bonds. The predicted molar refractivity (Wildman–Crippen MR) is 50.3 cm³/mol. The lowest BCUT2D eigenvalue weighted by molar-refractivity contribution is -0.136. The summed E-state index contributed by atoms with van der Waals surface area (Å²) in [6.07, 6.45) is -2.70. The quantitative estimate of drug-likeness (QED) is 0.887. The van der Waals surface area contributed by atoms with Gasteiger partial charge in [-0.2, -0.15) is 5.26 Å². The van der Waals surface area contributed by atoms with Gasteiger partial charge in [-0.3, -0.25) is 4.79 Å². The molecule has 0 saturated carbocycles. The zero-order chi connectivity index (χ0) is 12.3. The van der Waals surface area contributed by atoms with Gasteiger partial charge in [0.15, 0.2) is 0 Å². The number of pyridine rings is 1.